The summed E-state index contributed by atoms with van der Waals surface area (Å²) < 4.78 is 5.54. The molecule has 0 saturated carbocycles. The second-order valence-corrected chi connectivity index (χ2v) is 7.23. The highest BCUT2D eigenvalue weighted by Crippen LogP contribution is 2.47. The molecule has 0 unspecified atom stereocenters. The van der Waals surface area contributed by atoms with Crippen molar-refractivity contribution in [2.75, 3.05) is 0 Å². The number of ether oxygens (including phenoxy) is 1. The Labute approximate surface area is 155 Å². The fourth-order valence-corrected chi connectivity index (χ4v) is 4.53. The van der Waals surface area contributed by atoms with E-state index in [1.165, 1.54) is 0 Å². The summed E-state index contributed by atoms with van der Waals surface area (Å²) in [4.78, 5) is 18.1. The minimum absolute atomic E-state index is 0.0982. The molecule has 1 aliphatic rings. The van der Waals surface area contributed by atoms with E-state index in [1.807, 2.05) is 49.4 Å². The minimum Gasteiger partial charge on any atom is -0.406 e. The van der Waals surface area contributed by atoms with Gasteiger partial charge in [-0.3, -0.25) is 4.79 Å². The first kappa shape index (κ1) is 16.5. The van der Waals surface area contributed by atoms with Gasteiger partial charge in [-0.05, 0) is 24.1 Å². The lowest BCUT2D eigenvalue weighted by Gasteiger charge is -2.28. The molecule has 0 fully saturated rings. The van der Waals surface area contributed by atoms with Crippen LogP contribution in [-0.2, 0) is 4.79 Å². The number of esters is 1. The van der Waals surface area contributed by atoms with Crippen molar-refractivity contribution in [3.05, 3.63) is 70.6 Å². The van der Waals surface area contributed by atoms with Gasteiger partial charge in [-0.2, -0.15) is 5.26 Å². The molecule has 5 heteroatoms. The molecule has 0 amide bonds. The Bertz CT molecular complexity index is 987. The van der Waals surface area contributed by atoms with Crippen molar-refractivity contribution in [2.45, 2.75) is 19.3 Å². The van der Waals surface area contributed by atoms with Crippen LogP contribution < -0.4 is 4.74 Å². The highest BCUT2D eigenvalue weighted by atomic mass is 32.1. The molecule has 0 aliphatic carbocycles. The molecule has 0 radical (unpaired) electrons. The van der Waals surface area contributed by atoms with Gasteiger partial charge in [-0.15, -0.1) is 11.3 Å². The zero-order chi connectivity index (χ0) is 18.1. The van der Waals surface area contributed by atoms with Gasteiger partial charge in [0.25, 0.3) is 0 Å². The minimum atomic E-state index is -0.250. The summed E-state index contributed by atoms with van der Waals surface area (Å²) in [5.74, 6) is -0.171. The Morgan fingerprint density at radius 1 is 1.15 bits per heavy atom. The maximum absolute atomic E-state index is 12.5. The van der Waals surface area contributed by atoms with Crippen molar-refractivity contribution >= 4 is 17.3 Å². The molecule has 1 aromatic heterocycles. The number of carbonyl (C=O) groups is 1. The Kier molecular flexibility index (Phi) is 4.27. The zero-order valence-electron chi connectivity index (χ0n) is 14.2. The third kappa shape index (κ3) is 2.79. The van der Waals surface area contributed by atoms with Crippen LogP contribution in [0.1, 0.15) is 35.3 Å². The average Bonchev–Trinajstić information content (AvgIpc) is 3.11. The molecule has 26 heavy (non-hydrogen) atoms. The summed E-state index contributed by atoms with van der Waals surface area (Å²) in [5.41, 5.74) is 2.63. The number of hydrogen-bond donors (Lipinski definition) is 0. The van der Waals surface area contributed by atoms with E-state index in [1.54, 1.807) is 23.5 Å². The van der Waals surface area contributed by atoms with Gasteiger partial charge in [0.1, 0.15) is 5.01 Å². The zero-order valence-corrected chi connectivity index (χ0v) is 15.0. The molecular formula is C21H16N2O2S. The lowest BCUT2D eigenvalue weighted by molar-refractivity contribution is -0.141. The van der Waals surface area contributed by atoms with Crippen molar-refractivity contribution in [1.82, 2.24) is 4.98 Å². The summed E-state index contributed by atoms with van der Waals surface area (Å²) >= 11 is 1.57. The van der Waals surface area contributed by atoms with Crippen LogP contribution in [0.25, 0.3) is 10.6 Å². The van der Waals surface area contributed by atoms with Crippen LogP contribution in [0.2, 0.25) is 0 Å². The Morgan fingerprint density at radius 2 is 1.88 bits per heavy atom. The highest BCUT2D eigenvalue weighted by molar-refractivity contribution is 7.15. The molecule has 0 N–H and O–H groups in total. The van der Waals surface area contributed by atoms with Crippen LogP contribution in [0.4, 0.5) is 0 Å². The summed E-state index contributed by atoms with van der Waals surface area (Å²) in [6, 6.07) is 19.5. The fourth-order valence-electron chi connectivity index (χ4n) is 3.33. The van der Waals surface area contributed by atoms with Crippen LogP contribution in [-0.4, -0.2) is 11.0 Å². The van der Waals surface area contributed by atoms with E-state index in [4.69, 9.17) is 10.00 Å². The molecule has 4 rings (SSSR count). The Balaban J connectivity index is 1.83. The SMILES string of the molecule is CC[C@@H]1C(=O)Oc2nc(-c3ccccc3)sc2[C@@H]1c1ccc(C#N)cc1. The predicted octanol–water partition coefficient (Wildman–Crippen LogP) is 4.76. The highest BCUT2D eigenvalue weighted by Gasteiger charge is 2.40. The molecule has 128 valence electrons. The molecule has 3 aromatic rings. The Hall–Kier alpha value is -2.97. The number of nitriles is 1. The van der Waals surface area contributed by atoms with Gasteiger partial charge in [-0.25, -0.2) is 4.98 Å². The summed E-state index contributed by atoms with van der Waals surface area (Å²) in [6.07, 6.45) is 0.682. The number of fused-ring (bicyclic) bond motifs is 1. The van der Waals surface area contributed by atoms with Crippen LogP contribution in [0.3, 0.4) is 0 Å². The predicted molar refractivity (Wildman–Crippen MR) is 100.0 cm³/mol. The summed E-state index contributed by atoms with van der Waals surface area (Å²) in [6.45, 7) is 1.99. The van der Waals surface area contributed by atoms with Gasteiger partial charge in [0.05, 0.1) is 22.4 Å². The normalized spacial score (nSPS) is 18.7. The number of hydrogen-bond acceptors (Lipinski definition) is 5. The second-order valence-electron chi connectivity index (χ2n) is 6.20. The maximum Gasteiger partial charge on any atom is 0.316 e. The third-order valence-corrected chi connectivity index (χ3v) is 5.83. The number of nitrogens with zero attached hydrogens (tertiary/aromatic N) is 2. The first-order valence-corrected chi connectivity index (χ1v) is 9.30. The van der Waals surface area contributed by atoms with Gasteiger partial charge in [0.15, 0.2) is 0 Å². The van der Waals surface area contributed by atoms with Gasteiger partial charge >= 0.3 is 5.97 Å². The van der Waals surface area contributed by atoms with E-state index in [2.05, 4.69) is 11.1 Å². The van der Waals surface area contributed by atoms with E-state index in [0.717, 1.165) is 21.0 Å². The molecule has 0 bridgehead atoms. The molecule has 2 aromatic carbocycles. The first-order valence-electron chi connectivity index (χ1n) is 8.49. The van der Waals surface area contributed by atoms with Crippen LogP contribution >= 0.6 is 11.3 Å². The van der Waals surface area contributed by atoms with Gasteiger partial charge < -0.3 is 4.74 Å². The molecular weight excluding hydrogens is 344 g/mol. The Morgan fingerprint density at radius 3 is 2.54 bits per heavy atom. The average molecular weight is 360 g/mol. The number of rotatable bonds is 3. The molecule has 0 spiro atoms. The number of carbonyl (C=O) groups excluding carboxylic acids is 1. The first-order chi connectivity index (χ1) is 12.7. The number of benzene rings is 2. The molecule has 4 nitrogen and oxygen atoms in total. The van der Waals surface area contributed by atoms with E-state index in [0.29, 0.717) is 17.9 Å². The maximum atomic E-state index is 12.5. The quantitative estimate of drug-likeness (QED) is 0.632. The second kappa shape index (κ2) is 6.74. The molecule has 1 aliphatic heterocycles. The molecule has 2 atom stereocenters. The van der Waals surface area contributed by atoms with E-state index < -0.39 is 0 Å². The number of thiazole rings is 1. The molecule has 0 saturated heterocycles. The van der Waals surface area contributed by atoms with Crippen LogP contribution in [0.15, 0.2) is 54.6 Å². The van der Waals surface area contributed by atoms with Gasteiger partial charge in [0.2, 0.25) is 5.88 Å². The summed E-state index contributed by atoms with van der Waals surface area (Å²) in [5, 5.41) is 9.88. The van der Waals surface area contributed by atoms with Crippen molar-refractivity contribution in [3.8, 4) is 22.5 Å². The molecule has 2 heterocycles. The standard InChI is InChI=1S/C21H16N2O2S/c1-2-16-17(14-10-8-13(12-22)9-11-14)18-19(25-21(16)24)23-20(26-18)15-6-4-3-5-7-15/h3-11,16-17H,2H2,1H3/t16-,17+/m0/s1. The van der Waals surface area contributed by atoms with Crippen molar-refractivity contribution in [3.63, 3.8) is 0 Å². The fraction of sp³-hybridized carbons (Fsp3) is 0.190. The lowest BCUT2D eigenvalue weighted by atomic mass is 9.82. The van der Waals surface area contributed by atoms with E-state index in [-0.39, 0.29) is 17.8 Å². The smallest absolute Gasteiger partial charge is 0.316 e. The van der Waals surface area contributed by atoms with Crippen molar-refractivity contribution in [2.24, 2.45) is 5.92 Å². The topological polar surface area (TPSA) is 63.0 Å². The van der Waals surface area contributed by atoms with E-state index >= 15 is 0 Å². The number of aromatic nitrogens is 1. The third-order valence-electron chi connectivity index (χ3n) is 4.66. The van der Waals surface area contributed by atoms with Gasteiger partial charge in [0, 0.05) is 11.5 Å². The monoisotopic (exact) mass is 360 g/mol. The van der Waals surface area contributed by atoms with Crippen molar-refractivity contribution in [1.29, 1.82) is 5.26 Å². The van der Waals surface area contributed by atoms with Crippen molar-refractivity contribution < 1.29 is 9.53 Å². The largest absolute Gasteiger partial charge is 0.406 e. The van der Waals surface area contributed by atoms with Gasteiger partial charge in [-0.1, -0.05) is 49.4 Å². The van der Waals surface area contributed by atoms with E-state index in [9.17, 15) is 4.79 Å². The van der Waals surface area contributed by atoms with Crippen LogP contribution in [0.5, 0.6) is 5.88 Å². The summed E-state index contributed by atoms with van der Waals surface area (Å²) in [7, 11) is 0. The van der Waals surface area contributed by atoms with Crippen LogP contribution in [0, 0.1) is 17.2 Å². The lowest BCUT2D eigenvalue weighted by Crippen LogP contribution is -2.31.